The second-order valence-electron chi connectivity index (χ2n) is 4.95. The Balaban J connectivity index is 2.19. The number of rotatable bonds is 1. The monoisotopic (exact) mass is 222 g/mol. The Labute approximate surface area is 97.5 Å². The van der Waals surface area contributed by atoms with Crippen LogP contribution in [-0.4, -0.2) is 20.8 Å². The number of imidazole rings is 1. The van der Waals surface area contributed by atoms with E-state index in [-0.39, 0.29) is 12.1 Å². The van der Waals surface area contributed by atoms with E-state index < -0.39 is 0 Å². The zero-order valence-corrected chi connectivity index (χ0v) is 10.3. The van der Waals surface area contributed by atoms with Crippen LogP contribution >= 0.6 is 0 Å². The molecule has 1 N–H and O–H groups in total. The van der Waals surface area contributed by atoms with Crippen LogP contribution in [0, 0.1) is 13.8 Å². The molecule has 2 atom stereocenters. The molecule has 2 rings (SSSR count). The summed E-state index contributed by atoms with van der Waals surface area (Å²) in [6.45, 7) is 4.12. The number of hydrogen-bond donors (Lipinski definition) is 1. The van der Waals surface area contributed by atoms with Crippen molar-refractivity contribution in [1.29, 1.82) is 0 Å². The van der Waals surface area contributed by atoms with Crippen LogP contribution in [0.3, 0.4) is 0 Å². The van der Waals surface area contributed by atoms with Gasteiger partial charge in [-0.25, -0.2) is 4.98 Å². The van der Waals surface area contributed by atoms with Crippen molar-refractivity contribution >= 4 is 0 Å². The zero-order chi connectivity index (χ0) is 11.5. The number of hydrogen-bond acceptors (Lipinski definition) is 2. The molecule has 0 spiro atoms. The summed E-state index contributed by atoms with van der Waals surface area (Å²) < 4.78 is 2.17. The molecule has 0 amide bonds. The maximum Gasteiger partial charge on any atom is 0.0954 e. The van der Waals surface area contributed by atoms with Gasteiger partial charge in [0.15, 0.2) is 0 Å². The van der Waals surface area contributed by atoms with Crippen LogP contribution in [0.4, 0.5) is 0 Å². The van der Waals surface area contributed by atoms with E-state index in [2.05, 4.69) is 16.5 Å². The van der Waals surface area contributed by atoms with E-state index in [1.807, 2.05) is 13.3 Å². The lowest BCUT2D eigenvalue weighted by atomic mass is 9.94. The van der Waals surface area contributed by atoms with E-state index in [4.69, 9.17) is 0 Å². The molecule has 0 aliphatic heterocycles. The Morgan fingerprint density at radius 3 is 2.50 bits per heavy atom. The van der Waals surface area contributed by atoms with Crippen molar-refractivity contribution in [3.05, 3.63) is 17.7 Å². The molecule has 90 valence electrons. The molecule has 1 saturated carbocycles. The largest absolute Gasteiger partial charge is 0.391 e. The normalized spacial score (nSPS) is 27.4. The second-order valence-corrected chi connectivity index (χ2v) is 4.95. The van der Waals surface area contributed by atoms with Crippen LogP contribution in [-0.2, 0) is 0 Å². The number of aliphatic hydroxyl groups excluding tert-OH is 1. The van der Waals surface area contributed by atoms with E-state index in [1.54, 1.807) is 0 Å². The van der Waals surface area contributed by atoms with Crippen molar-refractivity contribution < 1.29 is 5.11 Å². The number of aliphatic hydroxyl groups is 1. The highest BCUT2D eigenvalue weighted by Gasteiger charge is 2.23. The van der Waals surface area contributed by atoms with Crippen LogP contribution in [0.15, 0.2) is 6.33 Å². The van der Waals surface area contributed by atoms with Gasteiger partial charge in [0.1, 0.15) is 0 Å². The van der Waals surface area contributed by atoms with Crippen molar-refractivity contribution in [2.45, 2.75) is 64.5 Å². The summed E-state index contributed by atoms with van der Waals surface area (Å²) in [4.78, 5) is 4.33. The molecular weight excluding hydrogens is 200 g/mol. The number of aromatic nitrogens is 2. The van der Waals surface area contributed by atoms with E-state index in [1.165, 1.54) is 25.0 Å². The van der Waals surface area contributed by atoms with Crippen LogP contribution in [0.25, 0.3) is 0 Å². The Kier molecular flexibility index (Phi) is 3.64. The van der Waals surface area contributed by atoms with Crippen molar-refractivity contribution in [1.82, 2.24) is 9.55 Å². The number of nitrogens with zero attached hydrogens (tertiary/aromatic N) is 2. The molecule has 16 heavy (non-hydrogen) atoms. The quantitative estimate of drug-likeness (QED) is 0.793. The smallest absolute Gasteiger partial charge is 0.0954 e. The van der Waals surface area contributed by atoms with Gasteiger partial charge in [0.2, 0.25) is 0 Å². The molecule has 1 aromatic rings. The molecule has 1 fully saturated rings. The molecule has 0 aromatic carbocycles. The molecular formula is C13H22N2O. The lowest BCUT2D eigenvalue weighted by Crippen LogP contribution is -2.25. The van der Waals surface area contributed by atoms with Crippen molar-refractivity contribution in [2.75, 3.05) is 0 Å². The Morgan fingerprint density at radius 2 is 1.88 bits per heavy atom. The summed E-state index contributed by atoms with van der Waals surface area (Å²) in [5, 5.41) is 10.2. The molecule has 1 heterocycles. The third kappa shape index (κ3) is 2.29. The maximum atomic E-state index is 10.2. The Morgan fingerprint density at radius 1 is 1.19 bits per heavy atom. The van der Waals surface area contributed by atoms with Gasteiger partial charge >= 0.3 is 0 Å². The predicted molar refractivity (Wildman–Crippen MR) is 64.4 cm³/mol. The van der Waals surface area contributed by atoms with Gasteiger partial charge in [-0.05, 0) is 26.7 Å². The minimum Gasteiger partial charge on any atom is -0.391 e. The van der Waals surface area contributed by atoms with Gasteiger partial charge in [0.25, 0.3) is 0 Å². The predicted octanol–water partition coefficient (Wildman–Crippen LogP) is 2.76. The molecule has 3 nitrogen and oxygen atoms in total. The molecule has 3 heteroatoms. The summed E-state index contributed by atoms with van der Waals surface area (Å²) in [5.41, 5.74) is 2.28. The third-order valence-electron chi connectivity index (χ3n) is 3.84. The van der Waals surface area contributed by atoms with Crippen molar-refractivity contribution in [3.63, 3.8) is 0 Å². The van der Waals surface area contributed by atoms with Crippen LogP contribution in [0.5, 0.6) is 0 Å². The van der Waals surface area contributed by atoms with E-state index in [0.29, 0.717) is 0 Å². The van der Waals surface area contributed by atoms with Gasteiger partial charge in [-0.15, -0.1) is 0 Å². The topological polar surface area (TPSA) is 38.0 Å². The van der Waals surface area contributed by atoms with Gasteiger partial charge in [-0.3, -0.25) is 0 Å². The first-order valence-electron chi connectivity index (χ1n) is 6.38. The molecule has 1 aromatic heterocycles. The average molecular weight is 222 g/mol. The summed E-state index contributed by atoms with van der Waals surface area (Å²) >= 11 is 0. The first kappa shape index (κ1) is 11.6. The van der Waals surface area contributed by atoms with Gasteiger partial charge in [-0.2, -0.15) is 0 Å². The van der Waals surface area contributed by atoms with Gasteiger partial charge in [0.05, 0.1) is 24.2 Å². The van der Waals surface area contributed by atoms with E-state index in [9.17, 15) is 5.11 Å². The van der Waals surface area contributed by atoms with Gasteiger partial charge < -0.3 is 9.67 Å². The third-order valence-corrected chi connectivity index (χ3v) is 3.84. The summed E-state index contributed by atoms with van der Waals surface area (Å²) in [7, 11) is 0. The van der Waals surface area contributed by atoms with Crippen molar-refractivity contribution in [3.8, 4) is 0 Å². The lowest BCUT2D eigenvalue weighted by Gasteiger charge is -2.27. The van der Waals surface area contributed by atoms with Gasteiger partial charge in [0, 0.05) is 5.69 Å². The van der Waals surface area contributed by atoms with Crippen LogP contribution < -0.4 is 0 Å². The summed E-state index contributed by atoms with van der Waals surface area (Å²) in [6, 6.07) is 0.237. The number of aryl methyl sites for hydroxylation is 1. The zero-order valence-electron chi connectivity index (χ0n) is 10.3. The molecule has 0 bridgehead atoms. The molecule has 0 saturated heterocycles. The van der Waals surface area contributed by atoms with Crippen molar-refractivity contribution in [2.24, 2.45) is 0 Å². The summed E-state index contributed by atoms with van der Waals surface area (Å²) in [5.74, 6) is 0. The summed E-state index contributed by atoms with van der Waals surface area (Å²) in [6.07, 6.45) is 8.65. The standard InChI is InChI=1S/C13H22N2O/c1-10-11(2)15(9-14-10)12-7-5-3-4-6-8-13(12)16/h9,12-13,16H,3-8H2,1-2H3. The minimum atomic E-state index is -0.201. The van der Waals surface area contributed by atoms with Crippen LogP contribution in [0.2, 0.25) is 0 Å². The van der Waals surface area contributed by atoms with E-state index >= 15 is 0 Å². The first-order chi connectivity index (χ1) is 7.70. The minimum absolute atomic E-state index is 0.201. The highest BCUT2D eigenvalue weighted by Crippen LogP contribution is 2.28. The SMILES string of the molecule is Cc1ncn(C2CCCCCCC2O)c1C. The van der Waals surface area contributed by atoms with Crippen LogP contribution in [0.1, 0.15) is 56.0 Å². The molecule has 0 radical (unpaired) electrons. The fourth-order valence-electron chi connectivity index (χ4n) is 2.62. The Hall–Kier alpha value is -0.830. The molecule has 1 aliphatic carbocycles. The average Bonchev–Trinajstić information content (AvgIpc) is 2.56. The Bertz CT molecular complexity index is 346. The maximum absolute atomic E-state index is 10.2. The highest BCUT2D eigenvalue weighted by molar-refractivity contribution is 5.10. The fourth-order valence-corrected chi connectivity index (χ4v) is 2.62. The highest BCUT2D eigenvalue weighted by atomic mass is 16.3. The molecule has 2 unspecified atom stereocenters. The molecule has 1 aliphatic rings. The van der Waals surface area contributed by atoms with E-state index in [0.717, 1.165) is 25.0 Å². The fraction of sp³-hybridized carbons (Fsp3) is 0.769. The lowest BCUT2D eigenvalue weighted by molar-refractivity contribution is 0.0877. The second kappa shape index (κ2) is 5.00. The first-order valence-corrected chi connectivity index (χ1v) is 6.38. The van der Waals surface area contributed by atoms with Gasteiger partial charge in [-0.1, -0.05) is 25.7 Å².